The molecular weight excluding hydrogens is 166 g/mol. The number of benzene rings is 1. The standard InChI is InChI=1S/C10H13NO2/c1-2-13-11-7-6-9-4-3-5-10(12)8-9/h3-8,11-12H,2H2,1H3. The first-order valence-corrected chi connectivity index (χ1v) is 4.16. The summed E-state index contributed by atoms with van der Waals surface area (Å²) in [5.74, 6) is 0.263. The van der Waals surface area contributed by atoms with E-state index in [1.165, 1.54) is 0 Å². The third-order valence-electron chi connectivity index (χ3n) is 1.44. The molecule has 3 nitrogen and oxygen atoms in total. The van der Waals surface area contributed by atoms with Crippen molar-refractivity contribution < 1.29 is 9.94 Å². The molecule has 3 heteroatoms. The number of nitrogens with one attached hydrogen (secondary N) is 1. The SMILES string of the molecule is CCONC=Cc1cccc(O)c1. The fraction of sp³-hybridized carbons (Fsp3) is 0.200. The maximum atomic E-state index is 9.13. The second-order valence-corrected chi connectivity index (χ2v) is 2.48. The van der Waals surface area contributed by atoms with Gasteiger partial charge in [-0.3, -0.25) is 10.3 Å². The van der Waals surface area contributed by atoms with Crippen molar-refractivity contribution in [1.82, 2.24) is 5.48 Å². The molecule has 0 bridgehead atoms. The molecule has 0 atom stereocenters. The summed E-state index contributed by atoms with van der Waals surface area (Å²) in [6.45, 7) is 2.51. The van der Waals surface area contributed by atoms with Gasteiger partial charge < -0.3 is 5.11 Å². The molecule has 70 valence electrons. The predicted molar refractivity (Wildman–Crippen MR) is 51.9 cm³/mol. The first-order chi connectivity index (χ1) is 6.33. The van der Waals surface area contributed by atoms with Crippen LogP contribution in [0.5, 0.6) is 5.75 Å². The lowest BCUT2D eigenvalue weighted by atomic mass is 10.2. The Morgan fingerprint density at radius 2 is 2.38 bits per heavy atom. The molecule has 0 aliphatic heterocycles. The molecule has 0 aromatic heterocycles. The lowest BCUT2D eigenvalue weighted by Crippen LogP contribution is -2.04. The van der Waals surface area contributed by atoms with E-state index in [0.717, 1.165) is 5.56 Å². The molecule has 0 aliphatic rings. The van der Waals surface area contributed by atoms with Gasteiger partial charge in [-0.25, -0.2) is 0 Å². The summed E-state index contributed by atoms with van der Waals surface area (Å²) in [4.78, 5) is 4.89. The minimum atomic E-state index is 0.263. The molecule has 0 spiro atoms. The van der Waals surface area contributed by atoms with Gasteiger partial charge >= 0.3 is 0 Å². The molecule has 0 aliphatic carbocycles. The molecule has 0 fully saturated rings. The number of hydrogen-bond donors (Lipinski definition) is 2. The van der Waals surface area contributed by atoms with Crippen molar-refractivity contribution in [2.45, 2.75) is 6.92 Å². The van der Waals surface area contributed by atoms with Crippen molar-refractivity contribution in [2.24, 2.45) is 0 Å². The molecular formula is C10H13NO2. The van der Waals surface area contributed by atoms with E-state index in [4.69, 9.17) is 9.94 Å². The summed E-state index contributed by atoms with van der Waals surface area (Å²) in [7, 11) is 0. The van der Waals surface area contributed by atoms with Crippen molar-refractivity contribution in [3.63, 3.8) is 0 Å². The van der Waals surface area contributed by atoms with Gasteiger partial charge in [0.15, 0.2) is 0 Å². The maximum Gasteiger partial charge on any atom is 0.116 e. The van der Waals surface area contributed by atoms with Crippen molar-refractivity contribution >= 4 is 6.08 Å². The fourth-order valence-corrected chi connectivity index (χ4v) is 0.890. The number of phenolic OH excluding ortho intramolecular Hbond substituents is 1. The van der Waals surface area contributed by atoms with Crippen LogP contribution in [0.4, 0.5) is 0 Å². The molecule has 0 heterocycles. The summed E-state index contributed by atoms with van der Waals surface area (Å²) in [5.41, 5.74) is 3.56. The van der Waals surface area contributed by atoms with E-state index in [1.54, 1.807) is 24.4 Å². The van der Waals surface area contributed by atoms with Crippen LogP contribution in [0, 0.1) is 0 Å². The van der Waals surface area contributed by atoms with Gasteiger partial charge in [0.25, 0.3) is 0 Å². The summed E-state index contributed by atoms with van der Waals surface area (Å²) in [5, 5.41) is 9.13. The predicted octanol–water partition coefficient (Wildman–Crippen LogP) is 1.90. The number of rotatable bonds is 4. The van der Waals surface area contributed by atoms with E-state index in [1.807, 2.05) is 19.1 Å². The number of aromatic hydroxyl groups is 1. The molecule has 1 rings (SSSR count). The molecule has 0 radical (unpaired) electrons. The van der Waals surface area contributed by atoms with E-state index in [-0.39, 0.29) is 5.75 Å². The quantitative estimate of drug-likeness (QED) is 0.548. The van der Waals surface area contributed by atoms with Gasteiger partial charge in [0.1, 0.15) is 5.75 Å². The number of phenols is 1. The minimum absolute atomic E-state index is 0.263. The van der Waals surface area contributed by atoms with Crippen LogP contribution in [0.3, 0.4) is 0 Å². The smallest absolute Gasteiger partial charge is 0.116 e. The Balaban J connectivity index is 2.48. The van der Waals surface area contributed by atoms with Gasteiger partial charge in [0, 0.05) is 6.20 Å². The molecule has 0 saturated heterocycles. The normalized spacial score (nSPS) is 10.5. The Morgan fingerprint density at radius 1 is 1.54 bits per heavy atom. The largest absolute Gasteiger partial charge is 0.508 e. The first-order valence-electron chi connectivity index (χ1n) is 4.16. The number of hydroxylamine groups is 1. The molecule has 13 heavy (non-hydrogen) atoms. The molecule has 1 aromatic rings. The Hall–Kier alpha value is -1.48. The highest BCUT2D eigenvalue weighted by atomic mass is 16.6. The van der Waals surface area contributed by atoms with Gasteiger partial charge in [0.05, 0.1) is 6.61 Å². The zero-order chi connectivity index (χ0) is 9.52. The maximum absolute atomic E-state index is 9.13. The second kappa shape index (κ2) is 5.22. The summed E-state index contributed by atoms with van der Waals surface area (Å²) >= 11 is 0. The van der Waals surface area contributed by atoms with Crippen LogP contribution in [0.25, 0.3) is 6.08 Å². The highest BCUT2D eigenvalue weighted by molar-refractivity contribution is 5.50. The van der Waals surface area contributed by atoms with Gasteiger partial charge in [-0.2, -0.15) is 0 Å². The lowest BCUT2D eigenvalue weighted by molar-refractivity contribution is 0.0831. The average Bonchev–Trinajstić information content (AvgIpc) is 2.13. The summed E-state index contributed by atoms with van der Waals surface area (Å²) in [6.07, 6.45) is 3.49. The minimum Gasteiger partial charge on any atom is -0.508 e. The average molecular weight is 179 g/mol. The lowest BCUT2D eigenvalue weighted by Gasteiger charge is -1.97. The Bertz CT molecular complexity index is 284. The van der Waals surface area contributed by atoms with Crippen LogP contribution in [0.15, 0.2) is 30.5 Å². The summed E-state index contributed by atoms with van der Waals surface area (Å²) in [6, 6.07) is 6.98. The third kappa shape index (κ3) is 3.62. The van der Waals surface area contributed by atoms with Crippen molar-refractivity contribution in [2.75, 3.05) is 6.61 Å². The van der Waals surface area contributed by atoms with Gasteiger partial charge in [-0.15, -0.1) is 0 Å². The monoisotopic (exact) mass is 179 g/mol. The first kappa shape index (κ1) is 9.61. The van der Waals surface area contributed by atoms with E-state index >= 15 is 0 Å². The zero-order valence-electron chi connectivity index (χ0n) is 7.53. The molecule has 1 aromatic carbocycles. The van der Waals surface area contributed by atoms with Crippen LogP contribution >= 0.6 is 0 Å². The topological polar surface area (TPSA) is 41.5 Å². The number of hydrogen-bond acceptors (Lipinski definition) is 3. The van der Waals surface area contributed by atoms with Crippen LogP contribution in [-0.2, 0) is 4.84 Å². The van der Waals surface area contributed by atoms with Crippen molar-refractivity contribution in [3.05, 3.63) is 36.0 Å². The van der Waals surface area contributed by atoms with E-state index < -0.39 is 0 Å². The van der Waals surface area contributed by atoms with Gasteiger partial charge in [-0.05, 0) is 30.7 Å². The van der Waals surface area contributed by atoms with E-state index in [9.17, 15) is 0 Å². The zero-order valence-corrected chi connectivity index (χ0v) is 7.53. The summed E-state index contributed by atoms with van der Waals surface area (Å²) < 4.78 is 0. The van der Waals surface area contributed by atoms with Crippen LogP contribution < -0.4 is 5.48 Å². The van der Waals surface area contributed by atoms with Crippen LogP contribution in [0.1, 0.15) is 12.5 Å². The van der Waals surface area contributed by atoms with Gasteiger partial charge in [0.2, 0.25) is 0 Å². The van der Waals surface area contributed by atoms with Gasteiger partial charge in [-0.1, -0.05) is 12.1 Å². The Kier molecular flexibility index (Phi) is 3.85. The molecule has 0 amide bonds. The molecule has 0 unspecified atom stereocenters. The van der Waals surface area contributed by atoms with Crippen molar-refractivity contribution in [1.29, 1.82) is 0 Å². The molecule has 0 saturated carbocycles. The highest BCUT2D eigenvalue weighted by Crippen LogP contribution is 2.11. The fourth-order valence-electron chi connectivity index (χ4n) is 0.890. The Labute approximate surface area is 77.6 Å². The van der Waals surface area contributed by atoms with E-state index in [2.05, 4.69) is 5.48 Å². The van der Waals surface area contributed by atoms with E-state index in [0.29, 0.717) is 6.61 Å². The second-order valence-electron chi connectivity index (χ2n) is 2.48. The highest BCUT2D eigenvalue weighted by Gasteiger charge is 1.87. The van der Waals surface area contributed by atoms with Crippen molar-refractivity contribution in [3.8, 4) is 5.75 Å². The third-order valence-corrected chi connectivity index (χ3v) is 1.44. The Morgan fingerprint density at radius 3 is 3.08 bits per heavy atom. The molecule has 2 N–H and O–H groups in total. The van der Waals surface area contributed by atoms with Crippen LogP contribution in [0.2, 0.25) is 0 Å². The van der Waals surface area contributed by atoms with Crippen LogP contribution in [-0.4, -0.2) is 11.7 Å².